The van der Waals surface area contributed by atoms with E-state index in [2.05, 4.69) is 11.0 Å². The SMILES string of the molecule is CC(=O)O[C@@H]1CC(C=O)=C2CCN3Cc4cc5c(cc4[C@H]1[C@@H]23)OCO5. The number of nitrogens with zero attached hydrogens (tertiary/aromatic N) is 1. The minimum atomic E-state index is -0.327. The van der Waals surface area contributed by atoms with Gasteiger partial charge in [-0.15, -0.1) is 0 Å². The van der Waals surface area contributed by atoms with Crippen LogP contribution in [0.1, 0.15) is 36.8 Å². The molecule has 6 heteroatoms. The molecule has 0 N–H and O–H groups in total. The first-order valence-corrected chi connectivity index (χ1v) is 8.66. The Labute approximate surface area is 145 Å². The fourth-order valence-corrected chi connectivity index (χ4v) is 4.91. The summed E-state index contributed by atoms with van der Waals surface area (Å²) < 4.78 is 16.7. The summed E-state index contributed by atoms with van der Waals surface area (Å²) in [6, 6.07) is 4.22. The van der Waals surface area contributed by atoms with E-state index in [0.29, 0.717) is 6.42 Å². The molecular formula is C19H19NO5. The Hall–Kier alpha value is -2.34. The van der Waals surface area contributed by atoms with E-state index < -0.39 is 0 Å². The molecule has 0 radical (unpaired) electrons. The molecule has 5 rings (SSSR count). The van der Waals surface area contributed by atoms with E-state index in [1.807, 2.05) is 6.07 Å². The molecule has 3 atom stereocenters. The number of esters is 1. The molecule has 1 aliphatic carbocycles. The van der Waals surface area contributed by atoms with Gasteiger partial charge in [-0.2, -0.15) is 0 Å². The number of benzene rings is 1. The molecule has 1 saturated heterocycles. The van der Waals surface area contributed by atoms with Crippen molar-refractivity contribution in [1.29, 1.82) is 0 Å². The van der Waals surface area contributed by atoms with Crippen LogP contribution in [0.2, 0.25) is 0 Å². The first-order valence-electron chi connectivity index (χ1n) is 8.66. The normalized spacial score (nSPS) is 29.2. The lowest BCUT2D eigenvalue weighted by Crippen LogP contribution is -2.47. The largest absolute Gasteiger partial charge is 0.461 e. The monoisotopic (exact) mass is 341 g/mol. The third kappa shape index (κ3) is 2.13. The lowest BCUT2D eigenvalue weighted by Gasteiger charge is -2.45. The van der Waals surface area contributed by atoms with Crippen molar-refractivity contribution in [3.8, 4) is 11.5 Å². The molecule has 25 heavy (non-hydrogen) atoms. The highest BCUT2D eigenvalue weighted by Crippen LogP contribution is 2.51. The maximum absolute atomic E-state index is 11.7. The maximum atomic E-state index is 11.7. The molecule has 0 saturated carbocycles. The standard InChI is InChI=1S/C19H19NO5/c1-10(22)25-17-5-12(8-21)13-2-3-20-7-11-4-15-16(24-9-23-15)6-14(11)18(17)19(13)20/h4,6,8,17-19H,2-3,5,7,9H2,1H3/t17-,18-,19-/m1/s1. The quantitative estimate of drug-likeness (QED) is 0.605. The van der Waals surface area contributed by atoms with Crippen LogP contribution in [0.25, 0.3) is 0 Å². The summed E-state index contributed by atoms with van der Waals surface area (Å²) in [4.78, 5) is 25.7. The first-order chi connectivity index (χ1) is 12.2. The predicted octanol–water partition coefficient (Wildman–Crippen LogP) is 1.92. The van der Waals surface area contributed by atoms with Crippen LogP contribution in [0.15, 0.2) is 23.3 Å². The minimum absolute atomic E-state index is 0.0309. The van der Waals surface area contributed by atoms with Gasteiger partial charge in [0.05, 0.1) is 0 Å². The van der Waals surface area contributed by atoms with Crippen molar-refractivity contribution in [3.63, 3.8) is 0 Å². The third-order valence-corrected chi connectivity index (χ3v) is 5.82. The summed E-state index contributed by atoms with van der Waals surface area (Å²) >= 11 is 0. The second kappa shape index (κ2) is 5.33. The van der Waals surface area contributed by atoms with Gasteiger partial charge in [-0.25, -0.2) is 0 Å². The van der Waals surface area contributed by atoms with Crippen molar-refractivity contribution in [2.24, 2.45) is 0 Å². The molecule has 1 aromatic rings. The number of fused-ring (bicyclic) bond motifs is 3. The van der Waals surface area contributed by atoms with E-state index >= 15 is 0 Å². The zero-order valence-corrected chi connectivity index (χ0v) is 14.0. The molecule has 0 amide bonds. The number of ether oxygens (including phenoxy) is 3. The van der Waals surface area contributed by atoms with E-state index in [4.69, 9.17) is 14.2 Å². The second-order valence-electron chi connectivity index (χ2n) is 7.12. The molecule has 3 heterocycles. The lowest BCUT2D eigenvalue weighted by molar-refractivity contribution is -0.148. The van der Waals surface area contributed by atoms with Gasteiger partial charge >= 0.3 is 5.97 Å². The predicted molar refractivity (Wildman–Crippen MR) is 87.4 cm³/mol. The molecule has 1 aromatic carbocycles. The fraction of sp³-hybridized carbons (Fsp3) is 0.474. The van der Waals surface area contributed by atoms with Gasteiger partial charge in [0.2, 0.25) is 6.79 Å². The Balaban J connectivity index is 1.67. The molecule has 1 fully saturated rings. The highest BCUT2D eigenvalue weighted by Gasteiger charge is 2.49. The summed E-state index contributed by atoms with van der Waals surface area (Å²) in [5.41, 5.74) is 4.37. The van der Waals surface area contributed by atoms with Gasteiger partial charge in [-0.05, 0) is 40.8 Å². The minimum Gasteiger partial charge on any atom is -0.461 e. The number of hydrogen-bond acceptors (Lipinski definition) is 6. The third-order valence-electron chi connectivity index (χ3n) is 5.82. The molecule has 6 nitrogen and oxygen atoms in total. The molecule has 3 aliphatic heterocycles. The average molecular weight is 341 g/mol. The number of carbonyl (C=O) groups excluding carboxylic acids is 2. The van der Waals surface area contributed by atoms with Crippen LogP contribution in [0.3, 0.4) is 0 Å². The summed E-state index contributed by atoms with van der Waals surface area (Å²) in [6.45, 7) is 3.41. The zero-order valence-electron chi connectivity index (χ0n) is 14.0. The van der Waals surface area contributed by atoms with Gasteiger partial charge in [-0.1, -0.05) is 0 Å². The van der Waals surface area contributed by atoms with Gasteiger partial charge < -0.3 is 14.2 Å². The van der Waals surface area contributed by atoms with Crippen molar-refractivity contribution in [1.82, 2.24) is 4.90 Å². The molecular weight excluding hydrogens is 322 g/mol. The number of hydrogen-bond donors (Lipinski definition) is 0. The van der Waals surface area contributed by atoms with Crippen LogP contribution in [-0.2, 0) is 20.9 Å². The first kappa shape index (κ1) is 15.0. The van der Waals surface area contributed by atoms with Crippen LogP contribution in [0, 0.1) is 0 Å². The van der Waals surface area contributed by atoms with Crippen molar-refractivity contribution in [2.45, 2.75) is 44.4 Å². The highest BCUT2D eigenvalue weighted by molar-refractivity contribution is 5.77. The maximum Gasteiger partial charge on any atom is 0.302 e. The van der Waals surface area contributed by atoms with Crippen molar-refractivity contribution in [2.75, 3.05) is 13.3 Å². The van der Waals surface area contributed by atoms with E-state index in [1.165, 1.54) is 18.1 Å². The zero-order chi connectivity index (χ0) is 17.1. The summed E-state index contributed by atoms with van der Waals surface area (Å²) in [5, 5.41) is 0. The van der Waals surface area contributed by atoms with Gasteiger partial charge in [0.15, 0.2) is 11.5 Å². The Kier molecular flexibility index (Phi) is 3.19. The van der Waals surface area contributed by atoms with Crippen molar-refractivity contribution in [3.05, 3.63) is 34.4 Å². The van der Waals surface area contributed by atoms with Crippen LogP contribution in [0.5, 0.6) is 11.5 Å². The summed E-state index contributed by atoms with van der Waals surface area (Å²) in [7, 11) is 0. The molecule has 0 aromatic heterocycles. The Morgan fingerprint density at radius 1 is 1.32 bits per heavy atom. The molecule has 0 spiro atoms. The van der Waals surface area contributed by atoms with Gasteiger partial charge in [0.25, 0.3) is 0 Å². The van der Waals surface area contributed by atoms with Gasteiger partial charge in [0, 0.05) is 38.4 Å². The van der Waals surface area contributed by atoms with Crippen LogP contribution in [0.4, 0.5) is 0 Å². The van der Waals surface area contributed by atoms with Crippen LogP contribution < -0.4 is 9.47 Å². The molecule has 4 aliphatic rings. The summed E-state index contributed by atoms with van der Waals surface area (Å²) in [6.07, 6.45) is 2.01. The Bertz CT molecular complexity index is 814. The topological polar surface area (TPSA) is 65.1 Å². The number of carbonyl (C=O) groups is 2. The lowest BCUT2D eigenvalue weighted by atomic mass is 9.71. The highest BCUT2D eigenvalue weighted by atomic mass is 16.7. The van der Waals surface area contributed by atoms with Crippen molar-refractivity contribution < 1.29 is 23.8 Å². The Morgan fingerprint density at radius 2 is 2.12 bits per heavy atom. The van der Waals surface area contributed by atoms with E-state index in [9.17, 15) is 9.59 Å². The molecule has 130 valence electrons. The smallest absolute Gasteiger partial charge is 0.302 e. The summed E-state index contributed by atoms with van der Waals surface area (Å²) in [5.74, 6) is 1.25. The Morgan fingerprint density at radius 3 is 2.88 bits per heavy atom. The fourth-order valence-electron chi connectivity index (χ4n) is 4.91. The van der Waals surface area contributed by atoms with E-state index in [0.717, 1.165) is 48.4 Å². The molecule has 0 bridgehead atoms. The number of rotatable bonds is 2. The molecule has 0 unspecified atom stereocenters. The van der Waals surface area contributed by atoms with Gasteiger partial charge in [-0.3, -0.25) is 14.5 Å². The van der Waals surface area contributed by atoms with E-state index in [-0.39, 0.29) is 30.8 Å². The van der Waals surface area contributed by atoms with Crippen LogP contribution in [-0.4, -0.2) is 42.6 Å². The van der Waals surface area contributed by atoms with Crippen LogP contribution >= 0.6 is 0 Å². The van der Waals surface area contributed by atoms with Gasteiger partial charge in [0.1, 0.15) is 12.4 Å². The average Bonchev–Trinajstić information content (AvgIpc) is 3.21. The van der Waals surface area contributed by atoms with E-state index in [1.54, 1.807) is 0 Å². The van der Waals surface area contributed by atoms with Crippen molar-refractivity contribution >= 4 is 12.3 Å². The number of aldehydes is 1. The second-order valence-corrected chi connectivity index (χ2v) is 7.12.